The van der Waals surface area contributed by atoms with Crippen molar-refractivity contribution < 1.29 is 28.7 Å². The Morgan fingerprint density at radius 1 is 1.10 bits per heavy atom. The first-order valence-electron chi connectivity index (χ1n) is 8.80. The molecule has 2 aromatic rings. The van der Waals surface area contributed by atoms with Gasteiger partial charge in [-0.1, -0.05) is 18.2 Å². The van der Waals surface area contributed by atoms with E-state index >= 15 is 0 Å². The molecule has 0 aliphatic carbocycles. The van der Waals surface area contributed by atoms with Crippen molar-refractivity contribution in [1.82, 2.24) is 0 Å². The summed E-state index contributed by atoms with van der Waals surface area (Å²) >= 11 is 0. The van der Waals surface area contributed by atoms with Crippen LogP contribution in [0.1, 0.15) is 18.9 Å². The quantitative estimate of drug-likeness (QED) is 0.389. The van der Waals surface area contributed by atoms with Gasteiger partial charge < -0.3 is 19.5 Å². The Balaban J connectivity index is 1.95. The average Bonchev–Trinajstić information content (AvgIpc) is 2.72. The number of nitro groups is 1. The number of amides is 1. The summed E-state index contributed by atoms with van der Waals surface area (Å²) < 4.78 is 15.5. The van der Waals surface area contributed by atoms with Crippen LogP contribution in [-0.2, 0) is 20.7 Å². The van der Waals surface area contributed by atoms with E-state index in [0.717, 1.165) is 5.56 Å². The lowest BCUT2D eigenvalue weighted by atomic mass is 10.1. The predicted octanol–water partition coefficient (Wildman–Crippen LogP) is 3.12. The zero-order chi connectivity index (χ0) is 21.4. The number of anilines is 1. The number of non-ortho nitro benzene ring substituents is 1. The van der Waals surface area contributed by atoms with Gasteiger partial charge in [0.1, 0.15) is 11.5 Å². The Labute approximate surface area is 167 Å². The molecule has 2 aromatic carbocycles. The lowest BCUT2D eigenvalue weighted by molar-refractivity contribution is -0.384. The number of ether oxygens (including phenoxy) is 3. The number of rotatable bonds is 9. The Hall–Kier alpha value is -3.62. The van der Waals surface area contributed by atoms with Gasteiger partial charge in [0.05, 0.1) is 24.8 Å². The summed E-state index contributed by atoms with van der Waals surface area (Å²) in [6.45, 7) is 1.42. The predicted molar refractivity (Wildman–Crippen MR) is 105 cm³/mol. The van der Waals surface area contributed by atoms with Crippen molar-refractivity contribution in [2.75, 3.05) is 19.5 Å². The second kappa shape index (κ2) is 10.1. The maximum Gasteiger partial charge on any atom is 0.306 e. The highest BCUT2D eigenvalue weighted by molar-refractivity contribution is 5.96. The van der Waals surface area contributed by atoms with E-state index in [2.05, 4.69) is 5.32 Å². The molecule has 0 fully saturated rings. The van der Waals surface area contributed by atoms with Crippen LogP contribution in [0.5, 0.6) is 11.5 Å². The third-order valence-electron chi connectivity index (χ3n) is 4.12. The first-order chi connectivity index (χ1) is 13.8. The number of nitrogens with one attached hydrogen (secondary N) is 1. The second-order valence-electron chi connectivity index (χ2n) is 6.07. The number of nitro benzene ring substituents is 1. The van der Waals surface area contributed by atoms with Crippen molar-refractivity contribution in [1.29, 1.82) is 0 Å². The van der Waals surface area contributed by atoms with Crippen LogP contribution in [0, 0.1) is 10.1 Å². The minimum absolute atomic E-state index is 0.0676. The van der Waals surface area contributed by atoms with Gasteiger partial charge in [0.25, 0.3) is 11.6 Å². The highest BCUT2D eigenvalue weighted by Gasteiger charge is 2.21. The van der Waals surface area contributed by atoms with Crippen LogP contribution in [0.25, 0.3) is 0 Å². The monoisotopic (exact) mass is 402 g/mol. The van der Waals surface area contributed by atoms with Crippen LogP contribution in [0.2, 0.25) is 0 Å². The minimum Gasteiger partial charge on any atom is -0.496 e. The lowest BCUT2D eigenvalue weighted by Gasteiger charge is -2.15. The van der Waals surface area contributed by atoms with Crippen LogP contribution in [0.4, 0.5) is 11.4 Å². The van der Waals surface area contributed by atoms with Crippen molar-refractivity contribution in [3.05, 3.63) is 58.1 Å². The van der Waals surface area contributed by atoms with Crippen molar-refractivity contribution in [3.8, 4) is 11.5 Å². The molecule has 0 radical (unpaired) electrons. The number of carbonyl (C=O) groups is 2. The molecule has 154 valence electrons. The molecule has 9 heteroatoms. The SMILES string of the molecule is COc1ccccc1CCC(=O)O[C@H](C)C(=O)Nc1cc([N+](=O)[O-])ccc1OC. The van der Waals surface area contributed by atoms with Crippen molar-refractivity contribution in [2.24, 2.45) is 0 Å². The molecule has 0 unspecified atom stereocenters. The highest BCUT2D eigenvalue weighted by atomic mass is 16.6. The highest BCUT2D eigenvalue weighted by Crippen LogP contribution is 2.29. The van der Waals surface area contributed by atoms with Gasteiger partial charge in [-0.05, 0) is 31.0 Å². The summed E-state index contributed by atoms with van der Waals surface area (Å²) in [4.78, 5) is 34.8. The van der Waals surface area contributed by atoms with Gasteiger partial charge in [-0.3, -0.25) is 19.7 Å². The minimum atomic E-state index is -1.09. The van der Waals surface area contributed by atoms with Crippen LogP contribution < -0.4 is 14.8 Å². The molecule has 9 nitrogen and oxygen atoms in total. The number of methoxy groups -OCH3 is 2. The van der Waals surface area contributed by atoms with Crippen molar-refractivity contribution >= 4 is 23.3 Å². The third-order valence-corrected chi connectivity index (χ3v) is 4.12. The zero-order valence-corrected chi connectivity index (χ0v) is 16.3. The van der Waals surface area contributed by atoms with Crippen LogP contribution in [0.15, 0.2) is 42.5 Å². The van der Waals surface area contributed by atoms with Crippen LogP contribution in [0.3, 0.4) is 0 Å². The molecule has 0 saturated carbocycles. The third kappa shape index (κ3) is 5.93. The number of aryl methyl sites for hydroxylation is 1. The molecule has 29 heavy (non-hydrogen) atoms. The van der Waals surface area contributed by atoms with E-state index in [1.807, 2.05) is 18.2 Å². The summed E-state index contributed by atoms with van der Waals surface area (Å²) in [6, 6.07) is 11.1. The van der Waals surface area contributed by atoms with E-state index in [1.165, 1.54) is 32.2 Å². The molecular weight excluding hydrogens is 380 g/mol. The van der Waals surface area contributed by atoms with E-state index in [1.54, 1.807) is 13.2 Å². The second-order valence-corrected chi connectivity index (χ2v) is 6.07. The fourth-order valence-corrected chi connectivity index (χ4v) is 2.60. The van der Waals surface area contributed by atoms with Crippen LogP contribution >= 0.6 is 0 Å². The van der Waals surface area contributed by atoms with Gasteiger partial charge in [0.2, 0.25) is 0 Å². The smallest absolute Gasteiger partial charge is 0.306 e. The van der Waals surface area contributed by atoms with E-state index in [-0.39, 0.29) is 23.5 Å². The average molecular weight is 402 g/mol. The first kappa shape index (κ1) is 21.7. The van der Waals surface area contributed by atoms with Crippen LogP contribution in [-0.4, -0.2) is 37.1 Å². The molecule has 0 heterocycles. The molecular formula is C20H22N2O7. The molecule has 0 bridgehead atoms. The largest absolute Gasteiger partial charge is 0.496 e. The van der Waals surface area contributed by atoms with Gasteiger partial charge >= 0.3 is 5.97 Å². The molecule has 0 aromatic heterocycles. The molecule has 0 aliphatic rings. The van der Waals surface area contributed by atoms with Gasteiger partial charge in [-0.2, -0.15) is 0 Å². The first-order valence-corrected chi connectivity index (χ1v) is 8.80. The number of nitrogens with zero attached hydrogens (tertiary/aromatic N) is 1. The fraction of sp³-hybridized carbons (Fsp3) is 0.300. The standard InChI is InChI=1S/C20H22N2O7/c1-13(29-19(23)11-8-14-6-4-5-7-17(14)27-2)20(24)21-16-12-15(22(25)26)9-10-18(16)28-3/h4-7,9-10,12-13H,8,11H2,1-3H3,(H,21,24)/t13-/m1/s1. The summed E-state index contributed by atoms with van der Waals surface area (Å²) in [5, 5.41) is 13.4. The summed E-state index contributed by atoms with van der Waals surface area (Å²) in [5.41, 5.74) is 0.761. The Bertz CT molecular complexity index is 898. The molecule has 1 atom stereocenters. The molecule has 1 N–H and O–H groups in total. The van der Waals surface area contributed by atoms with E-state index in [0.29, 0.717) is 12.2 Å². The molecule has 0 spiro atoms. The number of carbonyl (C=O) groups excluding carboxylic acids is 2. The molecule has 2 rings (SSSR count). The summed E-state index contributed by atoms with van der Waals surface area (Å²) in [7, 11) is 2.92. The lowest BCUT2D eigenvalue weighted by Crippen LogP contribution is -2.30. The molecule has 1 amide bonds. The Morgan fingerprint density at radius 3 is 2.45 bits per heavy atom. The van der Waals surface area contributed by atoms with E-state index < -0.39 is 22.9 Å². The van der Waals surface area contributed by atoms with Gasteiger partial charge in [0, 0.05) is 18.6 Å². The zero-order valence-electron chi connectivity index (χ0n) is 16.3. The Kier molecular flexibility index (Phi) is 7.53. The maximum absolute atomic E-state index is 12.3. The van der Waals surface area contributed by atoms with Gasteiger partial charge in [-0.15, -0.1) is 0 Å². The summed E-state index contributed by atoms with van der Waals surface area (Å²) in [5.74, 6) is -0.262. The number of hydrogen-bond acceptors (Lipinski definition) is 7. The normalized spacial score (nSPS) is 11.3. The number of esters is 1. The van der Waals surface area contributed by atoms with E-state index in [4.69, 9.17) is 14.2 Å². The van der Waals surface area contributed by atoms with Gasteiger partial charge in [0.15, 0.2) is 6.10 Å². The maximum atomic E-state index is 12.3. The topological polar surface area (TPSA) is 117 Å². The number of hydrogen-bond donors (Lipinski definition) is 1. The van der Waals surface area contributed by atoms with E-state index in [9.17, 15) is 19.7 Å². The number of benzene rings is 2. The number of para-hydroxylation sites is 1. The molecule has 0 saturated heterocycles. The summed E-state index contributed by atoms with van der Waals surface area (Å²) in [6.07, 6.45) is -0.627. The van der Waals surface area contributed by atoms with Gasteiger partial charge in [-0.25, -0.2) is 0 Å². The van der Waals surface area contributed by atoms with Crippen molar-refractivity contribution in [2.45, 2.75) is 25.9 Å². The Morgan fingerprint density at radius 2 is 1.79 bits per heavy atom. The fourth-order valence-electron chi connectivity index (χ4n) is 2.60. The van der Waals surface area contributed by atoms with Crippen molar-refractivity contribution in [3.63, 3.8) is 0 Å². The molecule has 0 aliphatic heterocycles.